The van der Waals surface area contributed by atoms with E-state index in [9.17, 15) is 4.79 Å². The third-order valence-electron chi connectivity index (χ3n) is 3.52. The summed E-state index contributed by atoms with van der Waals surface area (Å²) in [4.78, 5) is 13.2. The highest BCUT2D eigenvalue weighted by atomic mass is 16.2. The molecular weight excluding hydrogens is 164 g/mol. The van der Waals surface area contributed by atoms with Gasteiger partial charge in [0.05, 0.1) is 0 Å². The molecule has 2 aliphatic rings. The molecular formula is C10H18N2O. The fourth-order valence-electron chi connectivity index (χ4n) is 2.43. The molecule has 2 fully saturated rings. The van der Waals surface area contributed by atoms with Crippen molar-refractivity contribution in [1.29, 1.82) is 0 Å². The van der Waals surface area contributed by atoms with E-state index >= 15 is 0 Å². The van der Waals surface area contributed by atoms with Crippen molar-refractivity contribution in [3.05, 3.63) is 0 Å². The van der Waals surface area contributed by atoms with E-state index in [4.69, 9.17) is 0 Å². The van der Waals surface area contributed by atoms with E-state index < -0.39 is 0 Å². The Labute approximate surface area is 79.5 Å². The number of urea groups is 1. The first-order valence-corrected chi connectivity index (χ1v) is 5.25. The Balaban J connectivity index is 1.77. The van der Waals surface area contributed by atoms with Crippen LogP contribution in [0, 0.1) is 11.8 Å². The largest absolute Gasteiger partial charge is 0.335 e. The number of rotatable bonds is 2. The number of carbonyl (C=O) groups is 1. The standard InChI is InChI=1S/C10H18N2O/c1-3-12(2)10(13)11-9-7-5-4-6-8(7)9/h7-9H,3-6H2,1-2H3,(H,11,13). The second-order valence-corrected chi connectivity index (χ2v) is 4.25. The zero-order valence-electron chi connectivity index (χ0n) is 8.42. The van der Waals surface area contributed by atoms with Gasteiger partial charge >= 0.3 is 6.03 Å². The third kappa shape index (κ3) is 1.52. The quantitative estimate of drug-likeness (QED) is 0.688. The van der Waals surface area contributed by atoms with Gasteiger partial charge in [-0.25, -0.2) is 4.79 Å². The van der Waals surface area contributed by atoms with Crippen molar-refractivity contribution < 1.29 is 4.79 Å². The van der Waals surface area contributed by atoms with Crippen LogP contribution >= 0.6 is 0 Å². The molecule has 0 spiro atoms. The van der Waals surface area contributed by atoms with Gasteiger partial charge in [-0.3, -0.25) is 0 Å². The van der Waals surface area contributed by atoms with E-state index in [-0.39, 0.29) is 6.03 Å². The molecule has 2 amide bonds. The second kappa shape index (κ2) is 3.20. The highest BCUT2D eigenvalue weighted by Gasteiger charge is 2.53. The zero-order chi connectivity index (χ0) is 9.42. The summed E-state index contributed by atoms with van der Waals surface area (Å²) in [6.45, 7) is 2.78. The second-order valence-electron chi connectivity index (χ2n) is 4.25. The lowest BCUT2D eigenvalue weighted by Gasteiger charge is -2.16. The number of hydrogen-bond donors (Lipinski definition) is 1. The van der Waals surface area contributed by atoms with Crippen LogP contribution in [0.25, 0.3) is 0 Å². The Hall–Kier alpha value is -0.730. The van der Waals surface area contributed by atoms with Crippen molar-refractivity contribution in [2.75, 3.05) is 13.6 Å². The summed E-state index contributed by atoms with van der Waals surface area (Å²) in [5.74, 6) is 1.63. The van der Waals surface area contributed by atoms with E-state index in [0.29, 0.717) is 6.04 Å². The summed E-state index contributed by atoms with van der Waals surface area (Å²) in [5.41, 5.74) is 0. The lowest BCUT2D eigenvalue weighted by molar-refractivity contribution is 0.209. The van der Waals surface area contributed by atoms with E-state index in [1.165, 1.54) is 19.3 Å². The topological polar surface area (TPSA) is 32.3 Å². The average molecular weight is 182 g/mol. The van der Waals surface area contributed by atoms with Gasteiger partial charge in [-0.2, -0.15) is 0 Å². The highest BCUT2D eigenvalue weighted by molar-refractivity contribution is 5.74. The van der Waals surface area contributed by atoms with Gasteiger partial charge in [0.2, 0.25) is 0 Å². The molecule has 0 saturated heterocycles. The summed E-state index contributed by atoms with van der Waals surface area (Å²) in [5, 5.41) is 3.09. The molecule has 3 heteroatoms. The SMILES string of the molecule is CCN(C)C(=O)NC1C2CCCC21. The summed E-state index contributed by atoms with van der Waals surface area (Å²) in [7, 11) is 1.84. The van der Waals surface area contributed by atoms with Gasteiger partial charge in [-0.05, 0) is 31.6 Å². The van der Waals surface area contributed by atoms with Gasteiger partial charge in [0.1, 0.15) is 0 Å². The number of fused-ring (bicyclic) bond motifs is 1. The minimum atomic E-state index is 0.0990. The Morgan fingerprint density at radius 1 is 1.46 bits per heavy atom. The first-order chi connectivity index (χ1) is 6.24. The van der Waals surface area contributed by atoms with Crippen molar-refractivity contribution >= 4 is 6.03 Å². The van der Waals surface area contributed by atoms with Gasteiger partial charge in [0.25, 0.3) is 0 Å². The van der Waals surface area contributed by atoms with Crippen LogP contribution in [0.4, 0.5) is 4.79 Å². The predicted molar refractivity (Wildman–Crippen MR) is 51.5 cm³/mol. The minimum absolute atomic E-state index is 0.0990. The molecule has 2 atom stereocenters. The minimum Gasteiger partial charge on any atom is -0.335 e. The predicted octanol–water partition coefficient (Wildman–Crippen LogP) is 1.45. The molecule has 3 nitrogen and oxygen atoms in total. The molecule has 2 rings (SSSR count). The molecule has 0 bridgehead atoms. The van der Waals surface area contributed by atoms with Crippen LogP contribution < -0.4 is 5.32 Å². The third-order valence-corrected chi connectivity index (χ3v) is 3.52. The lowest BCUT2D eigenvalue weighted by atomic mass is 10.2. The Kier molecular flexibility index (Phi) is 2.18. The van der Waals surface area contributed by atoms with Crippen molar-refractivity contribution in [2.45, 2.75) is 32.2 Å². The fourth-order valence-corrected chi connectivity index (χ4v) is 2.43. The highest BCUT2D eigenvalue weighted by Crippen LogP contribution is 2.51. The summed E-state index contributed by atoms with van der Waals surface area (Å²) < 4.78 is 0. The van der Waals surface area contributed by atoms with Crippen LogP contribution in [0.2, 0.25) is 0 Å². The molecule has 0 aliphatic heterocycles. The Morgan fingerprint density at radius 2 is 2.08 bits per heavy atom. The van der Waals surface area contributed by atoms with Gasteiger partial charge in [-0.15, -0.1) is 0 Å². The summed E-state index contributed by atoms with van der Waals surface area (Å²) >= 11 is 0. The molecule has 2 unspecified atom stereocenters. The van der Waals surface area contributed by atoms with Gasteiger partial charge in [-0.1, -0.05) is 6.42 Å². The molecule has 0 aromatic rings. The van der Waals surface area contributed by atoms with E-state index in [2.05, 4.69) is 5.32 Å². The van der Waals surface area contributed by atoms with Crippen molar-refractivity contribution in [3.63, 3.8) is 0 Å². The maximum Gasteiger partial charge on any atom is 0.317 e. The summed E-state index contributed by atoms with van der Waals surface area (Å²) in [6.07, 6.45) is 4.02. The number of nitrogens with zero attached hydrogens (tertiary/aromatic N) is 1. The van der Waals surface area contributed by atoms with Crippen LogP contribution in [0.3, 0.4) is 0 Å². The van der Waals surface area contributed by atoms with Crippen LogP contribution in [0.1, 0.15) is 26.2 Å². The maximum atomic E-state index is 11.5. The number of hydrogen-bond acceptors (Lipinski definition) is 1. The number of amides is 2. The number of carbonyl (C=O) groups excluding carboxylic acids is 1. The monoisotopic (exact) mass is 182 g/mol. The van der Waals surface area contributed by atoms with Crippen LogP contribution in [0.5, 0.6) is 0 Å². The molecule has 1 N–H and O–H groups in total. The van der Waals surface area contributed by atoms with Crippen molar-refractivity contribution in [1.82, 2.24) is 10.2 Å². The normalized spacial score (nSPS) is 35.4. The van der Waals surface area contributed by atoms with Crippen LogP contribution in [0.15, 0.2) is 0 Å². The molecule has 13 heavy (non-hydrogen) atoms. The molecule has 74 valence electrons. The number of nitrogens with one attached hydrogen (secondary N) is 1. The van der Waals surface area contributed by atoms with E-state index in [1.807, 2.05) is 14.0 Å². The Morgan fingerprint density at radius 3 is 2.62 bits per heavy atom. The first kappa shape index (κ1) is 8.85. The van der Waals surface area contributed by atoms with E-state index in [0.717, 1.165) is 18.4 Å². The Bertz CT molecular complexity index is 207. The smallest absolute Gasteiger partial charge is 0.317 e. The summed E-state index contributed by atoms with van der Waals surface area (Å²) in [6, 6.07) is 0.608. The molecule has 0 aromatic heterocycles. The maximum absolute atomic E-state index is 11.5. The van der Waals surface area contributed by atoms with Crippen molar-refractivity contribution in [2.24, 2.45) is 11.8 Å². The van der Waals surface area contributed by atoms with E-state index in [1.54, 1.807) is 4.90 Å². The molecule has 2 aliphatic carbocycles. The van der Waals surface area contributed by atoms with Crippen molar-refractivity contribution in [3.8, 4) is 0 Å². The molecule has 0 aromatic carbocycles. The average Bonchev–Trinajstić information content (AvgIpc) is 2.63. The van der Waals surface area contributed by atoms with Crippen LogP contribution in [-0.2, 0) is 0 Å². The van der Waals surface area contributed by atoms with Gasteiger partial charge in [0, 0.05) is 19.6 Å². The zero-order valence-corrected chi connectivity index (χ0v) is 8.42. The molecule has 0 heterocycles. The molecule has 2 saturated carbocycles. The van der Waals surface area contributed by atoms with Crippen LogP contribution in [-0.4, -0.2) is 30.6 Å². The lowest BCUT2D eigenvalue weighted by Crippen LogP contribution is -2.39. The van der Waals surface area contributed by atoms with Gasteiger partial charge in [0.15, 0.2) is 0 Å². The van der Waals surface area contributed by atoms with Gasteiger partial charge < -0.3 is 10.2 Å². The molecule has 0 radical (unpaired) electrons. The fraction of sp³-hybridized carbons (Fsp3) is 0.900. The first-order valence-electron chi connectivity index (χ1n) is 5.25.